The fraction of sp³-hybridized carbons (Fsp3) is 0.400. The number of anilines is 1. The van der Waals surface area contributed by atoms with Crippen LogP contribution in [0.4, 0.5) is 5.69 Å². The van der Waals surface area contributed by atoms with Gasteiger partial charge in [0.15, 0.2) is 5.03 Å². The smallest absolute Gasteiger partial charge is 0.283 e. The van der Waals surface area contributed by atoms with Crippen molar-refractivity contribution in [2.24, 2.45) is 7.05 Å². The highest BCUT2D eigenvalue weighted by molar-refractivity contribution is 7.92. The molecule has 1 aromatic heterocycles. The third-order valence-electron chi connectivity index (χ3n) is 3.85. The van der Waals surface area contributed by atoms with E-state index in [1.165, 1.54) is 16.8 Å². The van der Waals surface area contributed by atoms with Crippen molar-refractivity contribution in [3.8, 4) is 5.75 Å². The molecule has 6 nitrogen and oxygen atoms in total. The topological polar surface area (TPSA) is 64.4 Å². The zero-order valence-corrected chi connectivity index (χ0v) is 13.5. The molecule has 1 aliphatic rings. The fourth-order valence-corrected chi connectivity index (χ4v) is 4.19. The van der Waals surface area contributed by atoms with Crippen molar-refractivity contribution in [2.75, 3.05) is 18.0 Å². The van der Waals surface area contributed by atoms with Crippen molar-refractivity contribution >= 4 is 15.7 Å². The van der Waals surface area contributed by atoms with E-state index in [1.807, 2.05) is 12.1 Å². The van der Waals surface area contributed by atoms with Crippen LogP contribution >= 0.6 is 0 Å². The van der Waals surface area contributed by atoms with Gasteiger partial charge in [-0.05, 0) is 30.9 Å². The third-order valence-corrected chi connectivity index (χ3v) is 5.55. The first-order valence-corrected chi connectivity index (χ1v) is 8.64. The van der Waals surface area contributed by atoms with E-state index in [0.29, 0.717) is 18.0 Å². The number of methoxy groups -OCH3 is 1. The largest absolute Gasteiger partial charge is 0.497 e. The summed E-state index contributed by atoms with van der Waals surface area (Å²) >= 11 is 0. The number of ether oxygens (including phenoxy) is 1. The Kier molecular flexibility index (Phi) is 3.82. The van der Waals surface area contributed by atoms with Crippen molar-refractivity contribution in [2.45, 2.75) is 24.3 Å². The summed E-state index contributed by atoms with van der Waals surface area (Å²) in [4.78, 5) is 4.01. The van der Waals surface area contributed by atoms with Gasteiger partial charge < -0.3 is 9.30 Å². The molecule has 0 unspecified atom stereocenters. The second kappa shape index (κ2) is 5.64. The van der Waals surface area contributed by atoms with E-state index in [1.54, 1.807) is 24.8 Å². The summed E-state index contributed by atoms with van der Waals surface area (Å²) in [5.41, 5.74) is 1.72. The van der Waals surface area contributed by atoms with Crippen molar-refractivity contribution in [3.63, 3.8) is 0 Å². The number of benzene rings is 1. The van der Waals surface area contributed by atoms with Crippen LogP contribution in [-0.4, -0.2) is 31.6 Å². The van der Waals surface area contributed by atoms with Gasteiger partial charge in [0.05, 0.1) is 19.1 Å². The fourth-order valence-electron chi connectivity index (χ4n) is 2.69. The minimum absolute atomic E-state index is 0.0747. The van der Waals surface area contributed by atoms with Gasteiger partial charge in [0, 0.05) is 25.9 Å². The summed E-state index contributed by atoms with van der Waals surface area (Å²) in [6.07, 6.45) is 5.68. The minimum Gasteiger partial charge on any atom is -0.497 e. The molecule has 0 bridgehead atoms. The maximum Gasteiger partial charge on any atom is 0.283 e. The molecule has 22 heavy (non-hydrogen) atoms. The summed E-state index contributed by atoms with van der Waals surface area (Å²) in [7, 11) is -0.322. The predicted molar refractivity (Wildman–Crippen MR) is 83.7 cm³/mol. The number of hydrogen-bond acceptors (Lipinski definition) is 4. The number of nitrogens with zero attached hydrogens (tertiary/aromatic N) is 3. The Hall–Kier alpha value is -2.02. The van der Waals surface area contributed by atoms with Gasteiger partial charge in [-0.3, -0.25) is 4.31 Å². The highest BCUT2D eigenvalue weighted by atomic mass is 32.2. The van der Waals surface area contributed by atoms with Gasteiger partial charge in [-0.2, -0.15) is 8.42 Å². The molecule has 2 heterocycles. The molecule has 1 aromatic carbocycles. The molecule has 0 saturated carbocycles. The van der Waals surface area contributed by atoms with Gasteiger partial charge in [0.1, 0.15) is 5.75 Å². The van der Waals surface area contributed by atoms with Gasteiger partial charge >= 0.3 is 0 Å². The second-order valence-corrected chi connectivity index (χ2v) is 7.22. The normalized spacial score (nSPS) is 15.3. The van der Waals surface area contributed by atoms with E-state index in [2.05, 4.69) is 4.98 Å². The molecular weight excluding hydrogens is 302 g/mol. The lowest BCUT2D eigenvalue weighted by atomic mass is 10.1. The number of sulfonamides is 1. The van der Waals surface area contributed by atoms with Crippen molar-refractivity contribution in [1.29, 1.82) is 0 Å². The van der Waals surface area contributed by atoms with Crippen LogP contribution in [0.2, 0.25) is 0 Å². The molecule has 1 aliphatic heterocycles. The number of hydrogen-bond donors (Lipinski definition) is 0. The lowest BCUT2D eigenvalue weighted by molar-refractivity contribution is 0.415. The summed E-state index contributed by atoms with van der Waals surface area (Å²) in [5.74, 6) is 0.655. The first-order valence-electron chi connectivity index (χ1n) is 7.20. The molecule has 0 N–H and O–H groups in total. The van der Waals surface area contributed by atoms with Crippen LogP contribution in [-0.2, 0) is 23.5 Å². The van der Waals surface area contributed by atoms with Gasteiger partial charge in [-0.15, -0.1) is 0 Å². The number of rotatable bonds is 3. The van der Waals surface area contributed by atoms with Crippen molar-refractivity contribution in [3.05, 3.63) is 36.3 Å². The van der Waals surface area contributed by atoms with E-state index < -0.39 is 10.0 Å². The highest BCUT2D eigenvalue weighted by Gasteiger charge is 2.30. The molecule has 0 radical (unpaired) electrons. The number of aryl methyl sites for hydroxylation is 2. The average Bonchev–Trinajstić information content (AvgIpc) is 2.83. The number of aromatic nitrogens is 2. The zero-order chi connectivity index (χ0) is 15.7. The van der Waals surface area contributed by atoms with Crippen molar-refractivity contribution in [1.82, 2.24) is 9.55 Å². The minimum atomic E-state index is -3.66. The Morgan fingerprint density at radius 2 is 2.09 bits per heavy atom. The van der Waals surface area contributed by atoms with Crippen LogP contribution in [0.15, 0.2) is 35.7 Å². The van der Waals surface area contributed by atoms with Gasteiger partial charge in [0.25, 0.3) is 10.0 Å². The van der Waals surface area contributed by atoms with E-state index in [0.717, 1.165) is 24.8 Å². The van der Waals surface area contributed by atoms with E-state index in [4.69, 9.17) is 4.74 Å². The third kappa shape index (κ3) is 2.56. The maximum atomic E-state index is 12.9. The van der Waals surface area contributed by atoms with Crippen LogP contribution in [0.5, 0.6) is 5.75 Å². The predicted octanol–water partition coefficient (Wildman–Crippen LogP) is 1.96. The highest BCUT2D eigenvalue weighted by Crippen LogP contribution is 2.33. The van der Waals surface area contributed by atoms with Crippen LogP contribution in [0.25, 0.3) is 0 Å². The molecule has 0 aliphatic carbocycles. The van der Waals surface area contributed by atoms with Crippen LogP contribution in [0, 0.1) is 0 Å². The number of fused-ring (bicyclic) bond motifs is 1. The van der Waals surface area contributed by atoms with Crippen LogP contribution < -0.4 is 9.04 Å². The molecule has 0 amide bonds. The quantitative estimate of drug-likeness (QED) is 0.867. The Labute approximate surface area is 130 Å². The standard InChI is InChI=1S/C15H19N3O3S/c1-17-10-15(16-11-17)22(19,20)18-8-4-3-5-12-6-7-13(21-2)9-14(12)18/h6-7,9-11H,3-5,8H2,1-2H3. The molecule has 118 valence electrons. The lowest BCUT2D eigenvalue weighted by Gasteiger charge is -2.23. The Balaban J connectivity index is 2.11. The second-order valence-electron chi connectivity index (χ2n) is 5.41. The Morgan fingerprint density at radius 1 is 1.27 bits per heavy atom. The van der Waals surface area contributed by atoms with E-state index in [9.17, 15) is 8.42 Å². The SMILES string of the molecule is COc1ccc2c(c1)N(S(=O)(=O)c1cn(C)cn1)CCCC2. The molecule has 3 rings (SSSR count). The van der Waals surface area contributed by atoms with Crippen LogP contribution in [0.1, 0.15) is 18.4 Å². The Morgan fingerprint density at radius 3 is 2.77 bits per heavy atom. The molecular formula is C15H19N3O3S. The first-order chi connectivity index (χ1) is 10.5. The summed E-state index contributed by atoms with van der Waals surface area (Å²) < 4.78 is 34.2. The van der Waals surface area contributed by atoms with Crippen molar-refractivity contribution < 1.29 is 13.2 Å². The van der Waals surface area contributed by atoms with E-state index >= 15 is 0 Å². The van der Waals surface area contributed by atoms with Gasteiger partial charge in [-0.1, -0.05) is 6.07 Å². The van der Waals surface area contributed by atoms with E-state index in [-0.39, 0.29) is 5.03 Å². The number of imidazole rings is 1. The maximum absolute atomic E-state index is 12.9. The molecule has 7 heteroatoms. The van der Waals surface area contributed by atoms with Gasteiger partial charge in [-0.25, -0.2) is 4.98 Å². The van der Waals surface area contributed by atoms with Gasteiger partial charge in [0.2, 0.25) is 0 Å². The Bertz CT molecular complexity index is 783. The monoisotopic (exact) mass is 321 g/mol. The molecule has 0 atom stereocenters. The first kappa shape index (κ1) is 14.9. The molecule has 0 spiro atoms. The molecule has 0 fully saturated rings. The lowest BCUT2D eigenvalue weighted by Crippen LogP contribution is -2.32. The summed E-state index contributed by atoms with van der Waals surface area (Å²) in [6.45, 7) is 0.457. The summed E-state index contributed by atoms with van der Waals surface area (Å²) in [5, 5.41) is 0.0747. The van der Waals surface area contributed by atoms with Crippen LogP contribution in [0.3, 0.4) is 0 Å². The molecule has 0 saturated heterocycles. The average molecular weight is 321 g/mol. The molecule has 2 aromatic rings. The zero-order valence-electron chi connectivity index (χ0n) is 12.7. The summed E-state index contributed by atoms with van der Waals surface area (Å²) in [6, 6.07) is 5.61.